The van der Waals surface area contributed by atoms with E-state index in [1.807, 2.05) is 0 Å². The molecule has 1 atom stereocenters. The van der Waals surface area contributed by atoms with Crippen LogP contribution >= 0.6 is 0 Å². The van der Waals surface area contributed by atoms with Gasteiger partial charge in [-0.1, -0.05) is 0 Å². The number of fused-ring (bicyclic) bond motifs is 1. The van der Waals surface area contributed by atoms with E-state index < -0.39 is 22.3 Å². The van der Waals surface area contributed by atoms with Crippen molar-refractivity contribution in [3.8, 4) is 11.5 Å². The molecule has 4 rings (SSSR count). The summed E-state index contributed by atoms with van der Waals surface area (Å²) in [5, 5.41) is 25.9. The first-order valence-electron chi connectivity index (χ1n) is 11.4. The van der Waals surface area contributed by atoms with Crippen LogP contribution < -0.4 is 26.1 Å². The van der Waals surface area contributed by atoms with Crippen LogP contribution in [0.5, 0.6) is 11.5 Å². The molecule has 2 aromatic carbocycles. The van der Waals surface area contributed by atoms with Gasteiger partial charge in [0.25, 0.3) is 11.2 Å². The maximum Gasteiger partial charge on any atom is 0.329 e. The van der Waals surface area contributed by atoms with Gasteiger partial charge in [0.1, 0.15) is 24.2 Å². The van der Waals surface area contributed by atoms with Crippen molar-refractivity contribution in [3.05, 3.63) is 85.0 Å². The number of hydrogen-bond acceptors (Lipinski definition) is 10. The van der Waals surface area contributed by atoms with Gasteiger partial charge in [0, 0.05) is 19.2 Å². The van der Waals surface area contributed by atoms with Gasteiger partial charge in [-0.05, 0) is 48.9 Å². The van der Waals surface area contributed by atoms with E-state index in [0.29, 0.717) is 22.8 Å². The molecule has 14 heteroatoms. The predicted octanol–water partition coefficient (Wildman–Crippen LogP) is 1.62. The zero-order valence-electron chi connectivity index (χ0n) is 20.7. The third-order valence-corrected chi connectivity index (χ3v) is 5.72. The Morgan fingerprint density at radius 2 is 1.84 bits per heavy atom. The number of nitro benzene ring substituents is 1. The third-order valence-electron chi connectivity index (χ3n) is 5.72. The minimum atomic E-state index is -1.06. The number of anilines is 1. The maximum absolute atomic E-state index is 12.7. The van der Waals surface area contributed by atoms with Crippen molar-refractivity contribution in [2.45, 2.75) is 19.6 Å². The molecule has 0 saturated heterocycles. The zero-order valence-corrected chi connectivity index (χ0v) is 20.7. The minimum Gasteiger partial charge on any atom is -0.497 e. The molecule has 0 radical (unpaired) electrons. The molecule has 2 heterocycles. The van der Waals surface area contributed by atoms with E-state index in [0.717, 1.165) is 0 Å². The number of rotatable bonds is 10. The molecule has 0 unspecified atom stereocenters. The lowest BCUT2D eigenvalue weighted by atomic mass is 10.1. The highest BCUT2D eigenvalue weighted by molar-refractivity contribution is 5.99. The van der Waals surface area contributed by atoms with Gasteiger partial charge < -0.3 is 19.1 Å². The summed E-state index contributed by atoms with van der Waals surface area (Å²) in [6, 6.07) is 12.7. The number of benzene rings is 2. The van der Waals surface area contributed by atoms with E-state index in [-0.39, 0.29) is 36.0 Å². The number of hydrogen-bond donors (Lipinski definition) is 3. The number of ether oxygens (including phenoxy) is 2. The lowest BCUT2D eigenvalue weighted by Crippen LogP contribution is -2.30. The van der Waals surface area contributed by atoms with Crippen molar-refractivity contribution in [1.29, 1.82) is 0 Å². The number of nitro groups is 1. The van der Waals surface area contributed by atoms with Gasteiger partial charge >= 0.3 is 5.69 Å². The predicted molar refractivity (Wildman–Crippen MR) is 139 cm³/mol. The highest BCUT2D eigenvalue weighted by Gasteiger charge is 2.20. The van der Waals surface area contributed by atoms with Gasteiger partial charge in [0.15, 0.2) is 11.2 Å². The minimum absolute atomic E-state index is 0.0534. The summed E-state index contributed by atoms with van der Waals surface area (Å²) in [4.78, 5) is 41.8. The number of aromatic nitrogens is 4. The molecule has 0 fully saturated rings. The van der Waals surface area contributed by atoms with Crippen LogP contribution in [0.3, 0.4) is 0 Å². The molecule has 2 aromatic heterocycles. The molecule has 0 amide bonds. The quantitative estimate of drug-likeness (QED) is 0.158. The lowest BCUT2D eigenvalue weighted by Gasteiger charge is -2.15. The number of aryl methyl sites for hydroxylation is 1. The molecule has 4 aromatic rings. The summed E-state index contributed by atoms with van der Waals surface area (Å²) in [5.41, 5.74) is 2.64. The van der Waals surface area contributed by atoms with E-state index >= 15 is 0 Å². The molecule has 0 spiro atoms. The van der Waals surface area contributed by atoms with E-state index in [4.69, 9.17) is 9.47 Å². The topological polar surface area (TPSA) is 179 Å². The van der Waals surface area contributed by atoms with Crippen LogP contribution in [0.2, 0.25) is 0 Å². The lowest BCUT2D eigenvalue weighted by molar-refractivity contribution is -0.384. The number of non-ortho nitro benzene ring substituents is 1. The number of H-pyrrole nitrogens is 1. The van der Waals surface area contributed by atoms with Crippen LogP contribution in [0, 0.1) is 10.1 Å². The highest BCUT2D eigenvalue weighted by atomic mass is 16.6. The fourth-order valence-corrected chi connectivity index (χ4v) is 3.65. The second kappa shape index (κ2) is 11.0. The van der Waals surface area contributed by atoms with Crippen LogP contribution in [0.4, 0.5) is 11.6 Å². The summed E-state index contributed by atoms with van der Waals surface area (Å²) >= 11 is 0. The van der Waals surface area contributed by atoms with Crippen molar-refractivity contribution < 1.29 is 19.5 Å². The summed E-state index contributed by atoms with van der Waals surface area (Å²) in [6.07, 6.45) is -1.06. The van der Waals surface area contributed by atoms with Crippen LogP contribution in [-0.2, 0) is 13.6 Å². The zero-order chi connectivity index (χ0) is 27.4. The molecule has 3 N–H and O–H groups in total. The van der Waals surface area contributed by atoms with Crippen molar-refractivity contribution in [2.24, 2.45) is 12.1 Å². The third kappa shape index (κ3) is 5.54. The summed E-state index contributed by atoms with van der Waals surface area (Å²) in [6.45, 7) is 1.48. The molecule has 0 aliphatic heterocycles. The Bertz CT molecular complexity index is 1600. The molecular formula is C24H25N7O7. The van der Waals surface area contributed by atoms with Crippen LogP contribution in [0.25, 0.3) is 11.2 Å². The fourth-order valence-electron chi connectivity index (χ4n) is 3.65. The Morgan fingerprint density at radius 3 is 2.47 bits per heavy atom. The number of nitrogens with zero attached hydrogens (tertiary/aromatic N) is 5. The standard InChI is InChI=1S/C24H25N7O7/c1-14(15-4-6-16(7-5-15)31(35)36)27-28-23-25-21-20(22(33)26-24(34)29(21)2)30(23)12-17(32)13-38-19-10-8-18(37-3)9-11-19/h4-11,17,32H,12-13H2,1-3H3,(H,25,28)(H,26,33,34)/b27-14+/t17-/m0/s1. The Kier molecular flexibility index (Phi) is 7.53. The largest absolute Gasteiger partial charge is 0.497 e. The SMILES string of the molecule is COc1ccc(OC[C@@H](O)Cn2c(N/N=C(\C)c3ccc([N+](=O)[O-])cc3)nc3c2c(=O)[nH]c(=O)n3C)cc1. The van der Waals surface area contributed by atoms with Crippen molar-refractivity contribution in [3.63, 3.8) is 0 Å². The van der Waals surface area contributed by atoms with Gasteiger partial charge in [0.05, 0.1) is 24.3 Å². The first-order chi connectivity index (χ1) is 18.2. The van der Waals surface area contributed by atoms with Crippen molar-refractivity contribution in [2.75, 3.05) is 19.1 Å². The maximum atomic E-state index is 12.7. The molecule has 0 aliphatic carbocycles. The first-order valence-corrected chi connectivity index (χ1v) is 11.4. The summed E-state index contributed by atoms with van der Waals surface area (Å²) in [5.74, 6) is 1.27. The van der Waals surface area contributed by atoms with Crippen LogP contribution in [0.1, 0.15) is 12.5 Å². The second-order valence-corrected chi connectivity index (χ2v) is 8.29. The van der Waals surface area contributed by atoms with E-state index in [2.05, 4.69) is 20.5 Å². The number of aliphatic hydroxyl groups excluding tert-OH is 1. The van der Waals surface area contributed by atoms with E-state index in [9.17, 15) is 24.8 Å². The molecule has 38 heavy (non-hydrogen) atoms. The second-order valence-electron chi connectivity index (χ2n) is 8.29. The number of hydrazone groups is 1. The number of methoxy groups -OCH3 is 1. The molecule has 0 saturated carbocycles. The van der Waals surface area contributed by atoms with Crippen molar-refractivity contribution >= 4 is 28.5 Å². The first kappa shape index (κ1) is 26.1. The Balaban J connectivity index is 1.61. The fraction of sp³-hybridized carbons (Fsp3) is 0.250. The summed E-state index contributed by atoms with van der Waals surface area (Å²) in [7, 11) is 3.01. The van der Waals surface area contributed by atoms with Crippen LogP contribution in [-0.4, -0.2) is 54.7 Å². The average Bonchev–Trinajstić information content (AvgIpc) is 3.28. The Morgan fingerprint density at radius 1 is 1.18 bits per heavy atom. The van der Waals surface area contributed by atoms with E-state index in [1.54, 1.807) is 50.4 Å². The number of aliphatic hydroxyl groups is 1. The molecular weight excluding hydrogens is 498 g/mol. The molecule has 0 bridgehead atoms. The molecule has 0 aliphatic rings. The number of imidazole rings is 1. The van der Waals surface area contributed by atoms with Gasteiger partial charge in [-0.2, -0.15) is 10.1 Å². The van der Waals surface area contributed by atoms with E-state index in [1.165, 1.54) is 28.3 Å². The van der Waals surface area contributed by atoms with Gasteiger partial charge in [0.2, 0.25) is 5.95 Å². The van der Waals surface area contributed by atoms with Gasteiger partial charge in [-0.3, -0.25) is 24.5 Å². The molecule has 14 nitrogen and oxygen atoms in total. The normalized spacial score (nSPS) is 12.4. The highest BCUT2D eigenvalue weighted by Crippen LogP contribution is 2.19. The number of aromatic amines is 1. The van der Waals surface area contributed by atoms with Gasteiger partial charge in [-0.25, -0.2) is 10.2 Å². The number of nitrogens with one attached hydrogen (secondary N) is 2. The average molecular weight is 524 g/mol. The van der Waals surface area contributed by atoms with Crippen LogP contribution in [0.15, 0.2) is 63.2 Å². The van der Waals surface area contributed by atoms with Gasteiger partial charge in [-0.15, -0.1) is 0 Å². The Labute approximate surface area is 214 Å². The summed E-state index contributed by atoms with van der Waals surface area (Å²) < 4.78 is 13.3. The van der Waals surface area contributed by atoms with Crippen molar-refractivity contribution in [1.82, 2.24) is 19.1 Å². The monoisotopic (exact) mass is 523 g/mol. The Hall–Kier alpha value is -4.98. The molecule has 198 valence electrons. The smallest absolute Gasteiger partial charge is 0.329 e.